The summed E-state index contributed by atoms with van der Waals surface area (Å²) in [5.41, 5.74) is 4.55. The molecule has 0 aromatic rings. The van der Waals surface area contributed by atoms with Crippen molar-refractivity contribution in [2.24, 2.45) is 17.1 Å². The normalized spacial score (nSPS) is 41.0. The number of nitrogens with one attached hydrogen (secondary N) is 1. The summed E-state index contributed by atoms with van der Waals surface area (Å²) in [5, 5.41) is 13.0. The van der Waals surface area contributed by atoms with E-state index in [1.54, 1.807) is 0 Å². The molecular formula is C15H26N2O3. The van der Waals surface area contributed by atoms with Gasteiger partial charge in [-0.25, -0.2) is 0 Å². The Morgan fingerprint density at radius 2 is 2.10 bits per heavy atom. The lowest BCUT2D eigenvalue weighted by Gasteiger charge is -2.65. The molecule has 0 bridgehead atoms. The van der Waals surface area contributed by atoms with Crippen molar-refractivity contribution in [3.05, 3.63) is 0 Å². The molecule has 1 heterocycles. The highest BCUT2D eigenvalue weighted by Crippen LogP contribution is 2.57. The van der Waals surface area contributed by atoms with E-state index < -0.39 is 11.1 Å². The van der Waals surface area contributed by atoms with Gasteiger partial charge in [0.05, 0.1) is 11.7 Å². The van der Waals surface area contributed by atoms with Crippen molar-refractivity contribution in [3.63, 3.8) is 0 Å². The van der Waals surface area contributed by atoms with Crippen molar-refractivity contribution in [1.29, 1.82) is 0 Å². The number of ether oxygens (including phenoxy) is 1. The first-order chi connectivity index (χ1) is 9.31. The number of rotatable bonds is 3. The van der Waals surface area contributed by atoms with Gasteiger partial charge in [-0.2, -0.15) is 0 Å². The minimum absolute atomic E-state index is 0.0822. The first kappa shape index (κ1) is 14.3. The van der Waals surface area contributed by atoms with Crippen LogP contribution in [-0.2, 0) is 9.53 Å². The Bertz CT molecular complexity index is 419. The second-order valence-electron chi connectivity index (χ2n) is 7.39. The Morgan fingerprint density at radius 1 is 1.40 bits per heavy atom. The molecule has 2 saturated carbocycles. The first-order valence-corrected chi connectivity index (χ1v) is 7.72. The highest BCUT2D eigenvalue weighted by atomic mass is 16.5. The molecule has 0 aromatic carbocycles. The Hall–Kier alpha value is -0.650. The van der Waals surface area contributed by atoms with E-state index in [2.05, 4.69) is 5.32 Å². The van der Waals surface area contributed by atoms with Gasteiger partial charge in [0.1, 0.15) is 5.54 Å². The highest BCUT2D eigenvalue weighted by molar-refractivity contribution is 5.89. The molecule has 3 rings (SSSR count). The third-order valence-electron chi connectivity index (χ3n) is 5.92. The molecule has 3 unspecified atom stereocenters. The van der Waals surface area contributed by atoms with Crippen molar-refractivity contribution >= 4 is 5.91 Å². The maximum Gasteiger partial charge on any atom is 0.241 e. The standard InChI is InChI=1S/C15H26N2O3/c1-13(2)11-10(5-3-8-20-11)15(13,16)12(18)17-9-14(19)6-4-7-14/h10-11,19H,3-9,16H2,1-2H3,(H,17,18). The van der Waals surface area contributed by atoms with Crippen LogP contribution in [0.25, 0.3) is 0 Å². The van der Waals surface area contributed by atoms with Crippen LogP contribution in [0.3, 0.4) is 0 Å². The summed E-state index contributed by atoms with van der Waals surface area (Å²) < 4.78 is 5.81. The summed E-state index contributed by atoms with van der Waals surface area (Å²) in [7, 11) is 0. The van der Waals surface area contributed by atoms with E-state index in [4.69, 9.17) is 10.5 Å². The van der Waals surface area contributed by atoms with Crippen LogP contribution >= 0.6 is 0 Å². The monoisotopic (exact) mass is 282 g/mol. The molecule has 1 saturated heterocycles. The van der Waals surface area contributed by atoms with Crippen LogP contribution in [0.5, 0.6) is 0 Å². The molecular weight excluding hydrogens is 256 g/mol. The zero-order chi connectivity index (χ0) is 14.6. The molecule has 4 N–H and O–H groups in total. The number of nitrogens with two attached hydrogens (primary N) is 1. The van der Waals surface area contributed by atoms with Gasteiger partial charge in [-0.1, -0.05) is 13.8 Å². The Morgan fingerprint density at radius 3 is 2.70 bits per heavy atom. The minimum Gasteiger partial charge on any atom is -0.388 e. The molecule has 2 aliphatic carbocycles. The quantitative estimate of drug-likeness (QED) is 0.706. The van der Waals surface area contributed by atoms with Gasteiger partial charge >= 0.3 is 0 Å². The summed E-state index contributed by atoms with van der Waals surface area (Å²) in [4.78, 5) is 12.6. The van der Waals surface area contributed by atoms with Gasteiger partial charge in [-0.05, 0) is 32.1 Å². The Kier molecular flexibility index (Phi) is 3.16. The lowest BCUT2D eigenvalue weighted by molar-refractivity contribution is -0.225. The van der Waals surface area contributed by atoms with Gasteiger partial charge in [0.2, 0.25) is 5.91 Å². The Labute approximate surface area is 120 Å². The van der Waals surface area contributed by atoms with E-state index in [1.807, 2.05) is 13.8 Å². The average molecular weight is 282 g/mol. The van der Waals surface area contributed by atoms with E-state index in [9.17, 15) is 9.90 Å². The second kappa shape index (κ2) is 4.42. The molecule has 5 heteroatoms. The van der Waals surface area contributed by atoms with Crippen molar-refractivity contribution in [2.45, 2.75) is 63.2 Å². The van der Waals surface area contributed by atoms with Crippen LogP contribution in [0.15, 0.2) is 0 Å². The lowest BCUT2D eigenvalue weighted by Crippen LogP contribution is -2.82. The minimum atomic E-state index is -0.877. The maximum atomic E-state index is 12.6. The van der Waals surface area contributed by atoms with E-state index in [-0.39, 0.29) is 23.3 Å². The van der Waals surface area contributed by atoms with E-state index >= 15 is 0 Å². The van der Waals surface area contributed by atoms with Crippen molar-refractivity contribution in [2.75, 3.05) is 13.2 Å². The fourth-order valence-corrected chi connectivity index (χ4v) is 4.19. The third kappa shape index (κ3) is 1.76. The van der Waals surface area contributed by atoms with Crippen LogP contribution in [0.1, 0.15) is 46.0 Å². The molecule has 114 valence electrons. The predicted octanol–water partition coefficient (Wildman–Crippen LogP) is 0.550. The number of hydrogen-bond donors (Lipinski definition) is 3. The van der Waals surface area contributed by atoms with Crippen molar-refractivity contribution < 1.29 is 14.6 Å². The SMILES string of the molecule is CC1(C)C2OCCCC2C1(N)C(=O)NCC1(O)CCC1. The van der Waals surface area contributed by atoms with Gasteiger partial charge in [-0.3, -0.25) is 4.79 Å². The van der Waals surface area contributed by atoms with Gasteiger partial charge in [0, 0.05) is 24.5 Å². The molecule has 0 radical (unpaired) electrons. The molecule has 5 nitrogen and oxygen atoms in total. The van der Waals surface area contributed by atoms with E-state index in [0.29, 0.717) is 6.54 Å². The largest absolute Gasteiger partial charge is 0.388 e. The smallest absolute Gasteiger partial charge is 0.241 e. The van der Waals surface area contributed by atoms with Crippen LogP contribution in [-0.4, -0.2) is 41.4 Å². The predicted molar refractivity (Wildman–Crippen MR) is 75.0 cm³/mol. The van der Waals surface area contributed by atoms with Gasteiger partial charge in [0.15, 0.2) is 0 Å². The van der Waals surface area contributed by atoms with Crippen LogP contribution in [0.2, 0.25) is 0 Å². The van der Waals surface area contributed by atoms with Crippen molar-refractivity contribution in [3.8, 4) is 0 Å². The number of amides is 1. The summed E-state index contributed by atoms with van der Waals surface area (Å²) in [5.74, 6) is -0.0307. The molecule has 3 fully saturated rings. The lowest BCUT2D eigenvalue weighted by atomic mass is 9.46. The van der Waals surface area contributed by atoms with E-state index in [0.717, 1.165) is 38.7 Å². The van der Waals surface area contributed by atoms with Gasteiger partial charge in [-0.15, -0.1) is 0 Å². The fraction of sp³-hybridized carbons (Fsp3) is 0.933. The summed E-state index contributed by atoms with van der Waals surface area (Å²) >= 11 is 0. The summed E-state index contributed by atoms with van der Waals surface area (Å²) in [6.45, 7) is 5.11. The average Bonchev–Trinajstić information content (AvgIpc) is 2.41. The Balaban J connectivity index is 1.69. The second-order valence-corrected chi connectivity index (χ2v) is 7.39. The molecule has 0 aromatic heterocycles. The zero-order valence-corrected chi connectivity index (χ0v) is 12.4. The maximum absolute atomic E-state index is 12.6. The summed E-state index contributed by atoms with van der Waals surface area (Å²) in [6.07, 6.45) is 4.56. The van der Waals surface area contributed by atoms with Crippen LogP contribution in [0, 0.1) is 11.3 Å². The molecule has 0 spiro atoms. The van der Waals surface area contributed by atoms with Crippen LogP contribution in [0.4, 0.5) is 0 Å². The molecule has 1 amide bonds. The van der Waals surface area contributed by atoms with Gasteiger partial charge in [0.25, 0.3) is 0 Å². The van der Waals surface area contributed by atoms with Crippen LogP contribution < -0.4 is 11.1 Å². The molecule has 20 heavy (non-hydrogen) atoms. The number of aliphatic hydroxyl groups is 1. The molecule has 1 aliphatic heterocycles. The third-order valence-corrected chi connectivity index (χ3v) is 5.92. The first-order valence-electron chi connectivity index (χ1n) is 7.72. The van der Waals surface area contributed by atoms with Crippen molar-refractivity contribution in [1.82, 2.24) is 5.32 Å². The number of fused-ring (bicyclic) bond motifs is 1. The fourth-order valence-electron chi connectivity index (χ4n) is 4.19. The summed E-state index contributed by atoms with van der Waals surface area (Å²) in [6, 6.07) is 0. The number of carbonyl (C=O) groups excluding carboxylic acids is 1. The zero-order valence-electron chi connectivity index (χ0n) is 12.4. The molecule has 3 atom stereocenters. The topological polar surface area (TPSA) is 84.6 Å². The highest BCUT2D eigenvalue weighted by Gasteiger charge is 2.70. The number of hydrogen-bond acceptors (Lipinski definition) is 4. The van der Waals surface area contributed by atoms with Gasteiger partial charge < -0.3 is 20.9 Å². The van der Waals surface area contributed by atoms with E-state index in [1.165, 1.54) is 0 Å². The molecule has 3 aliphatic rings. The number of carbonyl (C=O) groups is 1.